The summed E-state index contributed by atoms with van der Waals surface area (Å²) in [6.45, 7) is 2.03. The summed E-state index contributed by atoms with van der Waals surface area (Å²) in [6.07, 6.45) is 0.793. The Labute approximate surface area is 146 Å². The molecule has 0 saturated carbocycles. The fourth-order valence-corrected chi connectivity index (χ4v) is 3.56. The van der Waals surface area contributed by atoms with Crippen LogP contribution in [0.25, 0.3) is 0 Å². The normalized spacial score (nSPS) is 12.0. The average Bonchev–Trinajstić information content (AvgIpc) is 2.43. The molecule has 2 rings (SSSR count). The molecule has 1 unspecified atom stereocenters. The van der Waals surface area contributed by atoms with Gasteiger partial charge in [0.25, 0.3) is 5.91 Å². The molecule has 21 heavy (non-hydrogen) atoms. The number of carbonyl (C=O) groups excluding carboxylic acids is 1. The topological polar surface area (TPSA) is 29.1 Å². The first kappa shape index (κ1) is 16.5. The molecular weight excluding hydrogens is 417 g/mol. The van der Waals surface area contributed by atoms with Crippen LogP contribution >= 0.6 is 43.5 Å². The van der Waals surface area contributed by atoms with E-state index in [9.17, 15) is 4.79 Å². The van der Waals surface area contributed by atoms with Crippen molar-refractivity contribution < 1.29 is 4.79 Å². The summed E-state index contributed by atoms with van der Waals surface area (Å²) in [5, 5.41) is 3.71. The molecule has 0 aliphatic rings. The van der Waals surface area contributed by atoms with Gasteiger partial charge in [-0.1, -0.05) is 62.5 Å². The van der Waals surface area contributed by atoms with Crippen LogP contribution in [0.15, 0.2) is 51.4 Å². The first-order chi connectivity index (χ1) is 9.99. The van der Waals surface area contributed by atoms with E-state index in [1.54, 1.807) is 12.1 Å². The smallest absolute Gasteiger partial charge is 0.251 e. The SMILES string of the molecule is CCC(NC(=O)c1cc(Br)cc(Br)c1)c1cccc(Cl)c1. The van der Waals surface area contributed by atoms with Crippen LogP contribution < -0.4 is 5.32 Å². The second-order valence-corrected chi connectivity index (χ2v) is 6.92. The molecule has 0 radical (unpaired) electrons. The fourth-order valence-electron chi connectivity index (χ4n) is 2.07. The number of carbonyl (C=O) groups is 1. The highest BCUT2D eigenvalue weighted by atomic mass is 79.9. The zero-order chi connectivity index (χ0) is 15.4. The largest absolute Gasteiger partial charge is 0.345 e. The number of amides is 1. The summed E-state index contributed by atoms with van der Waals surface area (Å²) in [7, 11) is 0. The van der Waals surface area contributed by atoms with E-state index in [1.165, 1.54) is 0 Å². The minimum Gasteiger partial charge on any atom is -0.345 e. The lowest BCUT2D eigenvalue weighted by Crippen LogP contribution is -2.28. The second kappa shape index (κ2) is 7.43. The lowest BCUT2D eigenvalue weighted by molar-refractivity contribution is 0.0935. The van der Waals surface area contributed by atoms with Crippen LogP contribution in [-0.2, 0) is 0 Å². The molecule has 1 N–H and O–H groups in total. The molecule has 2 nitrogen and oxygen atoms in total. The van der Waals surface area contributed by atoms with E-state index in [-0.39, 0.29) is 11.9 Å². The van der Waals surface area contributed by atoms with Gasteiger partial charge >= 0.3 is 0 Å². The molecule has 0 bridgehead atoms. The van der Waals surface area contributed by atoms with Crippen LogP contribution in [0.3, 0.4) is 0 Å². The van der Waals surface area contributed by atoms with Crippen LogP contribution in [-0.4, -0.2) is 5.91 Å². The Morgan fingerprint density at radius 2 is 1.86 bits per heavy atom. The van der Waals surface area contributed by atoms with Crippen LogP contribution in [0, 0.1) is 0 Å². The summed E-state index contributed by atoms with van der Waals surface area (Å²) in [4.78, 5) is 12.4. The molecule has 110 valence electrons. The first-order valence-electron chi connectivity index (χ1n) is 6.52. The van der Waals surface area contributed by atoms with E-state index in [4.69, 9.17) is 11.6 Å². The number of rotatable bonds is 4. The molecule has 0 spiro atoms. The van der Waals surface area contributed by atoms with Crippen molar-refractivity contribution in [2.24, 2.45) is 0 Å². The van der Waals surface area contributed by atoms with Gasteiger partial charge in [-0.2, -0.15) is 0 Å². The van der Waals surface area contributed by atoms with E-state index in [0.29, 0.717) is 10.6 Å². The predicted molar refractivity (Wildman–Crippen MR) is 93.8 cm³/mol. The lowest BCUT2D eigenvalue weighted by Gasteiger charge is -2.18. The zero-order valence-corrected chi connectivity index (χ0v) is 15.3. The van der Waals surface area contributed by atoms with E-state index < -0.39 is 0 Å². The van der Waals surface area contributed by atoms with Crippen molar-refractivity contribution in [3.63, 3.8) is 0 Å². The minimum absolute atomic E-state index is 0.0612. The van der Waals surface area contributed by atoms with Crippen molar-refractivity contribution in [1.29, 1.82) is 0 Å². The summed E-state index contributed by atoms with van der Waals surface area (Å²) >= 11 is 12.8. The Kier molecular flexibility index (Phi) is 5.85. The van der Waals surface area contributed by atoms with Crippen molar-refractivity contribution in [2.45, 2.75) is 19.4 Å². The van der Waals surface area contributed by atoms with Crippen molar-refractivity contribution in [3.8, 4) is 0 Å². The Hall–Kier alpha value is -0.840. The highest BCUT2D eigenvalue weighted by Gasteiger charge is 2.15. The molecule has 0 fully saturated rings. The maximum Gasteiger partial charge on any atom is 0.251 e. The quantitative estimate of drug-likeness (QED) is 0.657. The van der Waals surface area contributed by atoms with Gasteiger partial charge in [0, 0.05) is 19.5 Å². The van der Waals surface area contributed by atoms with Gasteiger partial charge < -0.3 is 5.32 Å². The molecule has 2 aromatic rings. The number of benzene rings is 2. The molecule has 0 aromatic heterocycles. The third kappa shape index (κ3) is 4.56. The van der Waals surface area contributed by atoms with Gasteiger partial charge in [0.15, 0.2) is 0 Å². The summed E-state index contributed by atoms with van der Waals surface area (Å²) in [5.74, 6) is -0.108. The van der Waals surface area contributed by atoms with Gasteiger partial charge in [-0.05, 0) is 42.3 Å². The van der Waals surface area contributed by atoms with Gasteiger partial charge in [0.1, 0.15) is 0 Å². The molecular formula is C16H14Br2ClNO. The summed E-state index contributed by atoms with van der Waals surface area (Å²) < 4.78 is 1.72. The Morgan fingerprint density at radius 3 is 2.43 bits per heavy atom. The molecule has 1 amide bonds. The van der Waals surface area contributed by atoms with Gasteiger partial charge in [0.05, 0.1) is 6.04 Å². The third-order valence-corrected chi connectivity index (χ3v) is 4.24. The van der Waals surface area contributed by atoms with Crippen molar-refractivity contribution in [3.05, 3.63) is 67.6 Å². The predicted octanol–water partition coefficient (Wildman–Crippen LogP) is 5.75. The van der Waals surface area contributed by atoms with Crippen molar-refractivity contribution >= 4 is 49.4 Å². The molecule has 0 aliphatic carbocycles. The monoisotopic (exact) mass is 429 g/mol. The standard InChI is InChI=1S/C16H14Br2ClNO/c1-2-15(10-4-3-5-14(19)8-10)20-16(21)11-6-12(17)9-13(18)7-11/h3-9,15H,2H2,1H3,(H,20,21). The van der Waals surface area contributed by atoms with E-state index in [2.05, 4.69) is 37.2 Å². The number of halogens is 3. The average molecular weight is 432 g/mol. The van der Waals surface area contributed by atoms with Gasteiger partial charge in [-0.3, -0.25) is 4.79 Å². The number of nitrogens with one attached hydrogen (secondary N) is 1. The third-order valence-electron chi connectivity index (χ3n) is 3.09. The van der Waals surface area contributed by atoms with Crippen LogP contribution in [0.2, 0.25) is 5.02 Å². The van der Waals surface area contributed by atoms with Gasteiger partial charge in [-0.15, -0.1) is 0 Å². The molecule has 1 atom stereocenters. The van der Waals surface area contributed by atoms with Crippen molar-refractivity contribution in [2.75, 3.05) is 0 Å². The lowest BCUT2D eigenvalue weighted by atomic mass is 10.0. The highest BCUT2D eigenvalue weighted by Crippen LogP contribution is 2.23. The Balaban J connectivity index is 2.20. The van der Waals surface area contributed by atoms with E-state index in [1.807, 2.05) is 37.3 Å². The molecule has 0 saturated heterocycles. The molecule has 0 heterocycles. The first-order valence-corrected chi connectivity index (χ1v) is 8.48. The molecule has 0 aliphatic heterocycles. The summed E-state index contributed by atoms with van der Waals surface area (Å²) in [6, 6.07) is 13.0. The Bertz CT molecular complexity index is 640. The number of hydrogen-bond acceptors (Lipinski definition) is 1. The van der Waals surface area contributed by atoms with Crippen molar-refractivity contribution in [1.82, 2.24) is 5.32 Å². The Morgan fingerprint density at radius 1 is 1.19 bits per heavy atom. The van der Waals surface area contributed by atoms with Crippen LogP contribution in [0.5, 0.6) is 0 Å². The second-order valence-electron chi connectivity index (χ2n) is 4.65. The fraction of sp³-hybridized carbons (Fsp3) is 0.188. The van der Waals surface area contributed by atoms with Gasteiger partial charge in [-0.25, -0.2) is 0 Å². The molecule has 2 aromatic carbocycles. The van der Waals surface area contributed by atoms with Crippen LogP contribution in [0.4, 0.5) is 0 Å². The van der Waals surface area contributed by atoms with Crippen LogP contribution in [0.1, 0.15) is 35.3 Å². The minimum atomic E-state index is -0.108. The highest BCUT2D eigenvalue weighted by molar-refractivity contribution is 9.11. The maximum atomic E-state index is 12.4. The maximum absolute atomic E-state index is 12.4. The summed E-state index contributed by atoms with van der Waals surface area (Å²) in [5.41, 5.74) is 1.61. The van der Waals surface area contributed by atoms with Gasteiger partial charge in [0.2, 0.25) is 0 Å². The molecule has 5 heteroatoms. The number of hydrogen-bond donors (Lipinski definition) is 1. The van der Waals surface area contributed by atoms with E-state index in [0.717, 1.165) is 20.9 Å². The van der Waals surface area contributed by atoms with E-state index >= 15 is 0 Å². The zero-order valence-electron chi connectivity index (χ0n) is 11.4.